The van der Waals surface area contributed by atoms with Crippen LogP contribution in [0.4, 0.5) is 4.39 Å². The maximum absolute atomic E-state index is 12.0. The highest BCUT2D eigenvalue weighted by atomic mass is 19.1. The highest BCUT2D eigenvalue weighted by Crippen LogP contribution is 2.37. The Hall–Kier alpha value is -1.62. The van der Waals surface area contributed by atoms with Crippen LogP contribution >= 0.6 is 0 Å². The third-order valence-corrected chi connectivity index (χ3v) is 4.54. The minimum atomic E-state index is -0.244. The second-order valence-corrected chi connectivity index (χ2v) is 5.98. The maximum Gasteiger partial charge on any atom is 0.0991 e. The fourth-order valence-corrected chi connectivity index (χ4v) is 3.24. The molecule has 2 heteroatoms. The zero-order valence-electron chi connectivity index (χ0n) is 12.6. The molecule has 21 heavy (non-hydrogen) atoms. The summed E-state index contributed by atoms with van der Waals surface area (Å²) in [6, 6.07) is 10.3. The molecule has 0 aliphatic heterocycles. The van der Waals surface area contributed by atoms with Gasteiger partial charge in [-0.25, -0.2) is 0 Å². The number of hydrogen-bond acceptors (Lipinski definition) is 1. The molecule has 0 amide bonds. The summed E-state index contributed by atoms with van der Waals surface area (Å²) in [5, 5.41) is 8.83. The normalized spacial score (nSPS) is 22.3. The van der Waals surface area contributed by atoms with Crippen LogP contribution in [0.3, 0.4) is 0 Å². The summed E-state index contributed by atoms with van der Waals surface area (Å²) in [7, 11) is 0. The molecule has 0 N–H and O–H groups in total. The fourth-order valence-electron chi connectivity index (χ4n) is 3.24. The summed E-state index contributed by atoms with van der Waals surface area (Å²) in [5.74, 6) is 1.49. The second-order valence-electron chi connectivity index (χ2n) is 5.98. The van der Waals surface area contributed by atoms with Crippen molar-refractivity contribution >= 4 is 0 Å². The first kappa shape index (κ1) is 15.8. The van der Waals surface area contributed by atoms with Crippen molar-refractivity contribution in [2.24, 2.45) is 5.92 Å². The summed E-state index contributed by atoms with van der Waals surface area (Å²) >= 11 is 0. The van der Waals surface area contributed by atoms with Crippen molar-refractivity contribution in [3.63, 3.8) is 0 Å². The van der Waals surface area contributed by atoms with Crippen LogP contribution in [0.1, 0.15) is 62.0 Å². The van der Waals surface area contributed by atoms with Crippen LogP contribution < -0.4 is 0 Å². The summed E-state index contributed by atoms with van der Waals surface area (Å²) in [6.07, 6.45) is 12.1. The van der Waals surface area contributed by atoms with E-state index in [2.05, 4.69) is 24.3 Å². The Morgan fingerprint density at radius 1 is 1.05 bits per heavy atom. The molecule has 112 valence electrons. The number of halogens is 1. The first-order valence-corrected chi connectivity index (χ1v) is 8.04. The van der Waals surface area contributed by atoms with Crippen molar-refractivity contribution in [2.75, 3.05) is 6.67 Å². The second kappa shape index (κ2) is 8.62. The SMILES string of the molecule is N#Cc1ccc(C2CCC(CC/C=C/CCF)CC2)cc1. The Balaban J connectivity index is 1.73. The molecule has 0 radical (unpaired) electrons. The van der Waals surface area contributed by atoms with Gasteiger partial charge in [-0.1, -0.05) is 24.3 Å². The lowest BCUT2D eigenvalue weighted by atomic mass is 9.77. The Bertz CT molecular complexity index is 475. The number of hydrogen-bond donors (Lipinski definition) is 0. The average Bonchev–Trinajstić information content (AvgIpc) is 2.55. The van der Waals surface area contributed by atoms with Crippen LogP contribution in [0, 0.1) is 17.2 Å². The molecule has 0 unspecified atom stereocenters. The van der Waals surface area contributed by atoms with Crippen molar-refractivity contribution in [3.05, 3.63) is 47.5 Å². The van der Waals surface area contributed by atoms with Gasteiger partial charge in [-0.2, -0.15) is 5.26 Å². The predicted molar refractivity (Wildman–Crippen MR) is 84.8 cm³/mol. The Morgan fingerprint density at radius 2 is 1.71 bits per heavy atom. The summed E-state index contributed by atoms with van der Waals surface area (Å²) in [5.41, 5.74) is 2.13. The smallest absolute Gasteiger partial charge is 0.0991 e. The minimum Gasteiger partial charge on any atom is -0.251 e. The molecule has 1 fully saturated rings. The van der Waals surface area contributed by atoms with Gasteiger partial charge in [0.25, 0.3) is 0 Å². The van der Waals surface area contributed by atoms with Crippen LogP contribution in [0.25, 0.3) is 0 Å². The number of nitriles is 1. The molecule has 0 atom stereocenters. The molecule has 0 saturated heterocycles. The molecule has 1 aliphatic carbocycles. The van der Waals surface area contributed by atoms with Crippen LogP contribution in [0.5, 0.6) is 0 Å². The van der Waals surface area contributed by atoms with E-state index in [-0.39, 0.29) is 6.67 Å². The van der Waals surface area contributed by atoms with E-state index in [9.17, 15) is 4.39 Å². The summed E-state index contributed by atoms with van der Waals surface area (Å²) in [6.45, 7) is -0.244. The predicted octanol–water partition coefficient (Wildman–Crippen LogP) is 5.53. The van der Waals surface area contributed by atoms with E-state index in [4.69, 9.17) is 5.26 Å². The van der Waals surface area contributed by atoms with Gasteiger partial charge in [-0.15, -0.1) is 0 Å². The maximum atomic E-state index is 12.0. The van der Waals surface area contributed by atoms with Gasteiger partial charge < -0.3 is 0 Å². The third-order valence-electron chi connectivity index (χ3n) is 4.54. The van der Waals surface area contributed by atoms with Gasteiger partial charge in [0.15, 0.2) is 0 Å². The van der Waals surface area contributed by atoms with Crippen LogP contribution in [0.2, 0.25) is 0 Å². The van der Waals surface area contributed by atoms with Gasteiger partial charge in [0.1, 0.15) is 0 Å². The van der Waals surface area contributed by atoms with E-state index in [0.717, 1.165) is 17.9 Å². The molecular formula is C19H24FN. The summed E-state index contributed by atoms with van der Waals surface area (Å²) < 4.78 is 12.0. The van der Waals surface area contributed by atoms with E-state index < -0.39 is 0 Å². The quantitative estimate of drug-likeness (QED) is 0.630. The molecule has 0 aromatic heterocycles. The summed E-state index contributed by atoms with van der Waals surface area (Å²) in [4.78, 5) is 0. The highest BCUT2D eigenvalue weighted by molar-refractivity contribution is 5.33. The fraction of sp³-hybridized carbons (Fsp3) is 0.526. The van der Waals surface area contributed by atoms with Crippen LogP contribution in [-0.2, 0) is 0 Å². The molecule has 1 saturated carbocycles. The van der Waals surface area contributed by atoms with Crippen molar-refractivity contribution < 1.29 is 4.39 Å². The molecule has 1 aliphatic rings. The van der Waals surface area contributed by atoms with Crippen molar-refractivity contribution in [1.29, 1.82) is 5.26 Å². The Kier molecular flexibility index (Phi) is 6.47. The lowest BCUT2D eigenvalue weighted by Gasteiger charge is -2.28. The first-order chi connectivity index (χ1) is 10.3. The van der Waals surface area contributed by atoms with Crippen LogP contribution in [-0.4, -0.2) is 6.67 Å². The zero-order valence-corrected chi connectivity index (χ0v) is 12.6. The molecular weight excluding hydrogens is 261 g/mol. The lowest BCUT2D eigenvalue weighted by molar-refractivity contribution is 0.312. The largest absolute Gasteiger partial charge is 0.251 e. The van der Waals surface area contributed by atoms with Crippen LogP contribution in [0.15, 0.2) is 36.4 Å². The van der Waals surface area contributed by atoms with Gasteiger partial charge in [0.05, 0.1) is 18.3 Å². The molecule has 0 bridgehead atoms. The molecule has 1 aromatic carbocycles. The Labute approximate surface area is 127 Å². The molecule has 2 rings (SSSR count). The standard InChI is InChI=1S/C19H24FN/c20-14-4-2-1-3-5-16-6-10-18(11-7-16)19-12-8-17(15-21)9-13-19/h1-2,8-9,12-13,16,18H,3-7,10-11,14H2/b2-1+. The number of rotatable bonds is 6. The lowest BCUT2D eigenvalue weighted by Crippen LogP contribution is -2.13. The first-order valence-electron chi connectivity index (χ1n) is 8.04. The van der Waals surface area contributed by atoms with E-state index >= 15 is 0 Å². The Morgan fingerprint density at radius 3 is 2.33 bits per heavy atom. The van der Waals surface area contributed by atoms with E-state index in [0.29, 0.717) is 12.3 Å². The molecule has 0 spiro atoms. The number of allylic oxidation sites excluding steroid dienone is 2. The molecule has 0 heterocycles. The van der Waals surface area contributed by atoms with E-state index in [1.165, 1.54) is 37.7 Å². The monoisotopic (exact) mass is 285 g/mol. The average molecular weight is 285 g/mol. The number of nitrogens with zero attached hydrogens (tertiary/aromatic N) is 1. The van der Waals surface area contributed by atoms with E-state index in [1.807, 2.05) is 18.2 Å². The molecule has 1 nitrogen and oxygen atoms in total. The topological polar surface area (TPSA) is 23.8 Å². The third kappa shape index (κ3) is 5.01. The minimum absolute atomic E-state index is 0.244. The van der Waals surface area contributed by atoms with Gasteiger partial charge in [-0.05, 0) is 74.5 Å². The zero-order chi connectivity index (χ0) is 14.9. The van der Waals surface area contributed by atoms with Gasteiger partial charge in [0, 0.05) is 0 Å². The number of benzene rings is 1. The van der Waals surface area contributed by atoms with E-state index in [1.54, 1.807) is 0 Å². The van der Waals surface area contributed by atoms with Crippen molar-refractivity contribution in [1.82, 2.24) is 0 Å². The van der Waals surface area contributed by atoms with Gasteiger partial charge >= 0.3 is 0 Å². The number of alkyl halides is 1. The van der Waals surface area contributed by atoms with Crippen molar-refractivity contribution in [2.45, 2.75) is 50.9 Å². The van der Waals surface area contributed by atoms with Gasteiger partial charge in [0.2, 0.25) is 0 Å². The highest BCUT2D eigenvalue weighted by Gasteiger charge is 2.21. The van der Waals surface area contributed by atoms with Crippen molar-refractivity contribution in [3.8, 4) is 6.07 Å². The van der Waals surface area contributed by atoms with Gasteiger partial charge in [-0.3, -0.25) is 4.39 Å². The molecule has 1 aromatic rings.